The van der Waals surface area contributed by atoms with Crippen molar-refractivity contribution in [2.45, 2.75) is 69.9 Å². The molecule has 0 N–H and O–H groups in total. The summed E-state index contributed by atoms with van der Waals surface area (Å²) in [5, 5.41) is 0. The summed E-state index contributed by atoms with van der Waals surface area (Å²) in [5.74, 6) is -5.90. The minimum absolute atomic E-state index is 0.0919. The van der Waals surface area contributed by atoms with Crippen LogP contribution in [0, 0.1) is 5.92 Å². The maximum absolute atomic E-state index is 13.2. The number of alkyl halides is 3. The van der Waals surface area contributed by atoms with E-state index in [0.717, 1.165) is 0 Å². The monoisotopic (exact) mass is 340 g/mol. The van der Waals surface area contributed by atoms with E-state index in [-0.39, 0.29) is 6.61 Å². The molecule has 3 fully saturated rings. The lowest BCUT2D eigenvalue weighted by Crippen LogP contribution is -2.59. The highest BCUT2D eigenvalue weighted by Crippen LogP contribution is 2.46. The zero-order chi connectivity index (χ0) is 17.2. The van der Waals surface area contributed by atoms with Crippen molar-refractivity contribution in [3.05, 3.63) is 0 Å². The van der Waals surface area contributed by atoms with Crippen LogP contribution >= 0.6 is 0 Å². The van der Waals surface area contributed by atoms with E-state index in [0.29, 0.717) is 0 Å². The van der Waals surface area contributed by atoms with Crippen LogP contribution < -0.4 is 0 Å². The van der Waals surface area contributed by atoms with Gasteiger partial charge in [-0.05, 0) is 27.7 Å². The van der Waals surface area contributed by atoms with E-state index in [1.165, 1.54) is 13.8 Å². The largest absolute Gasteiger partial charge is 0.456 e. The first-order valence-corrected chi connectivity index (χ1v) is 7.34. The number of cyclic esters (lactones) is 1. The molecule has 0 aliphatic carbocycles. The molecule has 0 spiro atoms. The van der Waals surface area contributed by atoms with Crippen LogP contribution in [0.15, 0.2) is 0 Å². The number of rotatable bonds is 1. The fourth-order valence-electron chi connectivity index (χ4n) is 3.22. The van der Waals surface area contributed by atoms with Crippen LogP contribution in [0.25, 0.3) is 0 Å². The number of esters is 1. The Morgan fingerprint density at radius 3 is 2.09 bits per heavy atom. The van der Waals surface area contributed by atoms with E-state index < -0.39 is 54.1 Å². The Morgan fingerprint density at radius 2 is 1.57 bits per heavy atom. The van der Waals surface area contributed by atoms with Gasteiger partial charge in [0.05, 0.1) is 6.61 Å². The second-order valence-corrected chi connectivity index (χ2v) is 6.85. The van der Waals surface area contributed by atoms with Gasteiger partial charge in [0.1, 0.15) is 18.3 Å². The molecule has 0 aromatic heterocycles. The van der Waals surface area contributed by atoms with Crippen LogP contribution in [-0.2, 0) is 28.5 Å². The molecule has 3 heterocycles. The zero-order valence-corrected chi connectivity index (χ0v) is 13.2. The SMILES string of the molecule is CC1(C)O[C@H]2[C@@H]([C@H]3COC(C)(C)O3)OC(=O)[C@H](C(F)(F)F)[C@H]2O1. The average Bonchev–Trinajstić information content (AvgIpc) is 2.84. The predicted molar refractivity (Wildman–Crippen MR) is 68.2 cm³/mol. The van der Waals surface area contributed by atoms with Crippen LogP contribution in [-0.4, -0.2) is 54.7 Å². The molecule has 3 aliphatic heterocycles. The summed E-state index contributed by atoms with van der Waals surface area (Å²) in [6.45, 7) is 6.42. The normalized spacial score (nSPS) is 42.4. The molecule has 132 valence electrons. The van der Waals surface area contributed by atoms with E-state index in [1.807, 2.05) is 0 Å². The standard InChI is InChI=1S/C14H19F3O6/c1-12(2)19-5-6(21-12)8-10-9(22-13(3,4)23-10)7(11(18)20-8)14(15,16)17/h6-10H,5H2,1-4H3/t6-,7-,8-,9-,10+/m1/s1. The summed E-state index contributed by atoms with van der Waals surface area (Å²) in [7, 11) is 0. The Balaban J connectivity index is 1.89. The maximum Gasteiger partial charge on any atom is 0.404 e. The highest BCUT2D eigenvalue weighted by atomic mass is 19.4. The average molecular weight is 340 g/mol. The lowest BCUT2D eigenvalue weighted by Gasteiger charge is -2.38. The smallest absolute Gasteiger partial charge is 0.404 e. The van der Waals surface area contributed by atoms with E-state index in [4.69, 9.17) is 23.7 Å². The summed E-state index contributed by atoms with van der Waals surface area (Å²) in [6.07, 6.45) is -9.05. The Bertz CT molecular complexity index is 503. The quantitative estimate of drug-likeness (QED) is 0.678. The molecule has 0 radical (unpaired) electrons. The minimum Gasteiger partial charge on any atom is -0.456 e. The van der Waals surface area contributed by atoms with Crippen molar-refractivity contribution >= 4 is 5.97 Å². The number of carbonyl (C=O) groups excluding carboxylic acids is 1. The van der Waals surface area contributed by atoms with Gasteiger partial charge in [-0.25, -0.2) is 0 Å². The van der Waals surface area contributed by atoms with Crippen LogP contribution in [0.2, 0.25) is 0 Å². The van der Waals surface area contributed by atoms with E-state index in [1.54, 1.807) is 13.8 Å². The third-order valence-corrected chi connectivity index (χ3v) is 4.07. The molecule has 9 heteroatoms. The van der Waals surface area contributed by atoms with Gasteiger partial charge in [-0.15, -0.1) is 0 Å². The third kappa shape index (κ3) is 3.07. The van der Waals surface area contributed by atoms with Crippen molar-refractivity contribution in [2.24, 2.45) is 5.92 Å². The van der Waals surface area contributed by atoms with Crippen molar-refractivity contribution in [3.8, 4) is 0 Å². The van der Waals surface area contributed by atoms with Gasteiger partial charge in [0, 0.05) is 0 Å². The topological polar surface area (TPSA) is 63.2 Å². The lowest BCUT2D eigenvalue weighted by molar-refractivity contribution is -0.247. The van der Waals surface area contributed by atoms with E-state index >= 15 is 0 Å². The van der Waals surface area contributed by atoms with Gasteiger partial charge < -0.3 is 23.7 Å². The molecule has 0 amide bonds. The van der Waals surface area contributed by atoms with Crippen LogP contribution in [0.1, 0.15) is 27.7 Å². The number of hydrogen-bond donors (Lipinski definition) is 0. The fourth-order valence-corrected chi connectivity index (χ4v) is 3.22. The van der Waals surface area contributed by atoms with Crippen LogP contribution in [0.3, 0.4) is 0 Å². The van der Waals surface area contributed by atoms with Gasteiger partial charge >= 0.3 is 12.1 Å². The Kier molecular flexibility index (Phi) is 3.72. The molecule has 0 bridgehead atoms. The van der Waals surface area contributed by atoms with Gasteiger partial charge in [0.15, 0.2) is 23.6 Å². The summed E-state index contributed by atoms with van der Waals surface area (Å²) in [6, 6.07) is 0. The van der Waals surface area contributed by atoms with Crippen LogP contribution in [0.5, 0.6) is 0 Å². The van der Waals surface area contributed by atoms with Crippen LogP contribution in [0.4, 0.5) is 13.2 Å². The predicted octanol–water partition coefficient (Wildman–Crippen LogP) is 1.76. The van der Waals surface area contributed by atoms with E-state index in [9.17, 15) is 18.0 Å². The van der Waals surface area contributed by atoms with Gasteiger partial charge in [0.2, 0.25) is 0 Å². The first-order chi connectivity index (χ1) is 10.4. The second-order valence-electron chi connectivity index (χ2n) is 6.85. The zero-order valence-electron chi connectivity index (χ0n) is 13.2. The highest BCUT2D eigenvalue weighted by molar-refractivity contribution is 5.75. The first kappa shape index (κ1) is 16.9. The van der Waals surface area contributed by atoms with E-state index in [2.05, 4.69) is 0 Å². The number of fused-ring (bicyclic) bond motifs is 1. The lowest BCUT2D eigenvalue weighted by atomic mass is 9.89. The molecule has 0 unspecified atom stereocenters. The summed E-state index contributed by atoms with van der Waals surface area (Å²) >= 11 is 0. The maximum atomic E-state index is 13.2. The number of halogens is 3. The van der Waals surface area contributed by atoms with Gasteiger partial charge in [0.25, 0.3) is 0 Å². The first-order valence-electron chi connectivity index (χ1n) is 7.34. The minimum atomic E-state index is -4.78. The second kappa shape index (κ2) is 5.05. The van der Waals surface area contributed by atoms with Gasteiger partial charge in [-0.3, -0.25) is 4.79 Å². The van der Waals surface area contributed by atoms with Crippen molar-refractivity contribution in [1.82, 2.24) is 0 Å². The number of hydrogen-bond acceptors (Lipinski definition) is 6. The summed E-state index contributed by atoms with van der Waals surface area (Å²) in [5.41, 5.74) is 0. The molecule has 23 heavy (non-hydrogen) atoms. The van der Waals surface area contributed by atoms with Crippen molar-refractivity contribution < 1.29 is 41.7 Å². The van der Waals surface area contributed by atoms with Gasteiger partial charge in [-0.1, -0.05) is 0 Å². The van der Waals surface area contributed by atoms with Gasteiger partial charge in [-0.2, -0.15) is 13.2 Å². The Morgan fingerprint density at radius 1 is 0.957 bits per heavy atom. The number of ether oxygens (including phenoxy) is 5. The number of carbonyl (C=O) groups is 1. The Labute approximate surface area is 131 Å². The van der Waals surface area contributed by atoms with Crippen molar-refractivity contribution in [3.63, 3.8) is 0 Å². The molecule has 3 saturated heterocycles. The molecule has 6 nitrogen and oxygen atoms in total. The molecule has 0 saturated carbocycles. The van der Waals surface area contributed by atoms with Crippen molar-refractivity contribution in [2.75, 3.05) is 6.61 Å². The van der Waals surface area contributed by atoms with Crippen molar-refractivity contribution in [1.29, 1.82) is 0 Å². The summed E-state index contributed by atoms with van der Waals surface area (Å²) in [4.78, 5) is 11.9. The Hall–Kier alpha value is -0.900. The molecule has 0 aromatic rings. The molecule has 3 rings (SSSR count). The highest BCUT2D eigenvalue weighted by Gasteiger charge is 2.65. The molecular formula is C14H19F3O6. The molecule has 3 aliphatic rings. The molecule has 0 aromatic carbocycles. The fraction of sp³-hybridized carbons (Fsp3) is 0.929. The molecule has 5 atom stereocenters. The third-order valence-electron chi connectivity index (χ3n) is 4.07. The summed E-state index contributed by atoms with van der Waals surface area (Å²) < 4.78 is 66.7. The molecular weight excluding hydrogens is 321 g/mol.